The number of hydrogen-bond acceptors (Lipinski definition) is 7. The number of fused-ring (bicyclic) bond motifs is 5. The number of carboxylic acids is 1. The van der Waals surface area contributed by atoms with E-state index in [4.69, 9.17) is 9.47 Å². The Morgan fingerprint density at radius 1 is 1.00 bits per heavy atom. The van der Waals surface area contributed by atoms with E-state index < -0.39 is 24.2 Å². The zero-order valence-corrected chi connectivity index (χ0v) is 24.4. The minimum absolute atomic E-state index is 0.116. The van der Waals surface area contributed by atoms with E-state index in [1.807, 2.05) is 23.1 Å². The highest BCUT2D eigenvalue weighted by Gasteiger charge is 2.39. The molecule has 2 amide bonds. The van der Waals surface area contributed by atoms with Crippen LogP contribution in [-0.4, -0.2) is 83.0 Å². The maximum absolute atomic E-state index is 13.7. The van der Waals surface area contributed by atoms with Crippen LogP contribution in [0.5, 0.6) is 5.75 Å². The second kappa shape index (κ2) is 13.0. The van der Waals surface area contributed by atoms with Gasteiger partial charge in [0.2, 0.25) is 5.91 Å². The van der Waals surface area contributed by atoms with Crippen molar-refractivity contribution in [3.8, 4) is 5.75 Å². The predicted molar refractivity (Wildman–Crippen MR) is 158 cm³/mol. The van der Waals surface area contributed by atoms with Crippen LogP contribution >= 0.6 is 0 Å². The molecule has 230 valence electrons. The molecule has 3 heterocycles. The molecule has 1 aliphatic carbocycles. The third-order valence-corrected chi connectivity index (χ3v) is 9.46. The highest BCUT2D eigenvalue weighted by Crippen LogP contribution is 2.37. The minimum Gasteiger partial charge on any atom is -0.493 e. The number of carbonyl (C=O) groups excluding carboxylic acids is 2. The molecule has 4 bridgehead atoms. The Bertz CT molecular complexity index is 1330. The number of benzene rings is 2. The first-order valence-corrected chi connectivity index (χ1v) is 15.6. The highest BCUT2D eigenvalue weighted by atomic mass is 16.5. The van der Waals surface area contributed by atoms with Crippen molar-refractivity contribution in [1.82, 2.24) is 15.5 Å². The van der Waals surface area contributed by atoms with Gasteiger partial charge in [0.25, 0.3) is 5.91 Å². The van der Waals surface area contributed by atoms with Crippen LogP contribution in [-0.2, 0) is 16.1 Å². The first-order chi connectivity index (χ1) is 20.8. The van der Waals surface area contributed by atoms with E-state index in [1.54, 1.807) is 24.3 Å². The van der Waals surface area contributed by atoms with E-state index >= 15 is 0 Å². The van der Waals surface area contributed by atoms with E-state index in [9.17, 15) is 24.6 Å². The van der Waals surface area contributed by atoms with Crippen molar-refractivity contribution < 1.29 is 34.1 Å². The fraction of sp³-hybridized carbons (Fsp3) is 0.545. The summed E-state index contributed by atoms with van der Waals surface area (Å²) in [6, 6.07) is 11.8. The van der Waals surface area contributed by atoms with E-state index in [0.29, 0.717) is 62.6 Å². The standard InChI is InChI=1S/C33H41N3O7/c37-28-12-10-25-13-14-42-29-15-23(21-3-1-2-4-21)9-11-26(29)31(38)35-24-16-27(32(39)34-17-30(28)43-25)36(19-24)18-20-5-7-22(8-6-20)33(40)41/h5-9,11,15,21,24-25,27-28,30,37H,1-4,10,12-14,16-19H2,(H,34,39)(H,35,38)(H,40,41)/t24-,25-,27-,28-,30+/m0/s1. The molecule has 4 N–H and O–H groups in total. The molecule has 0 radical (unpaired) electrons. The van der Waals surface area contributed by atoms with Gasteiger partial charge >= 0.3 is 5.97 Å². The maximum Gasteiger partial charge on any atom is 0.335 e. The van der Waals surface area contributed by atoms with Crippen molar-refractivity contribution in [2.45, 2.75) is 94.2 Å². The Balaban J connectivity index is 1.26. The van der Waals surface area contributed by atoms with Gasteiger partial charge in [-0.1, -0.05) is 31.0 Å². The largest absolute Gasteiger partial charge is 0.493 e. The van der Waals surface area contributed by atoms with Crippen LogP contribution in [0.1, 0.15) is 89.1 Å². The molecule has 0 unspecified atom stereocenters. The monoisotopic (exact) mass is 591 g/mol. The molecule has 10 heteroatoms. The lowest BCUT2D eigenvalue weighted by atomic mass is 9.95. The normalized spacial score (nSPS) is 28.9. The Morgan fingerprint density at radius 2 is 1.79 bits per heavy atom. The fourth-order valence-corrected chi connectivity index (χ4v) is 7.03. The number of carbonyl (C=O) groups is 3. The number of hydrogen-bond donors (Lipinski definition) is 4. The van der Waals surface area contributed by atoms with Crippen molar-refractivity contribution >= 4 is 17.8 Å². The second-order valence-corrected chi connectivity index (χ2v) is 12.4. The van der Waals surface area contributed by atoms with Crippen molar-refractivity contribution in [2.75, 3.05) is 19.7 Å². The average molecular weight is 592 g/mol. The number of rotatable bonds is 4. The number of likely N-dealkylation sites (tertiary alicyclic amines) is 1. The van der Waals surface area contributed by atoms with Crippen LogP contribution in [0, 0.1) is 0 Å². The van der Waals surface area contributed by atoms with E-state index in [2.05, 4.69) is 10.6 Å². The molecule has 2 saturated heterocycles. The lowest BCUT2D eigenvalue weighted by molar-refractivity contribution is -0.133. The molecule has 10 nitrogen and oxygen atoms in total. The number of nitrogens with zero attached hydrogens (tertiary/aromatic N) is 1. The Morgan fingerprint density at radius 3 is 2.56 bits per heavy atom. The molecular formula is C33H41N3O7. The lowest BCUT2D eigenvalue weighted by Crippen LogP contribution is -2.50. The van der Waals surface area contributed by atoms with Gasteiger partial charge in [0.05, 0.1) is 36.0 Å². The third-order valence-electron chi connectivity index (χ3n) is 9.46. The molecule has 3 fully saturated rings. The van der Waals surface area contributed by atoms with E-state index in [1.165, 1.54) is 18.4 Å². The van der Waals surface area contributed by atoms with Crippen molar-refractivity contribution in [1.29, 1.82) is 0 Å². The van der Waals surface area contributed by atoms with E-state index in [-0.39, 0.29) is 36.1 Å². The number of nitrogens with one attached hydrogen (secondary N) is 2. The molecule has 4 aliphatic rings. The summed E-state index contributed by atoms with van der Waals surface area (Å²) in [5.74, 6) is -0.355. The third kappa shape index (κ3) is 6.87. The lowest BCUT2D eigenvalue weighted by Gasteiger charge is -2.34. The Hall–Kier alpha value is -3.47. The van der Waals surface area contributed by atoms with Gasteiger partial charge in [-0.2, -0.15) is 0 Å². The summed E-state index contributed by atoms with van der Waals surface area (Å²) < 4.78 is 12.5. The number of aliphatic hydroxyl groups excluding tert-OH is 1. The van der Waals surface area contributed by atoms with Gasteiger partial charge in [-0.15, -0.1) is 0 Å². The molecule has 2 aromatic rings. The summed E-state index contributed by atoms with van der Waals surface area (Å²) in [4.78, 5) is 40.5. The van der Waals surface area contributed by atoms with Gasteiger partial charge in [-0.3, -0.25) is 14.5 Å². The zero-order chi connectivity index (χ0) is 29.9. The van der Waals surface area contributed by atoms with Crippen molar-refractivity contribution in [3.05, 3.63) is 64.7 Å². The van der Waals surface area contributed by atoms with Gasteiger partial charge in [-0.25, -0.2) is 4.79 Å². The summed E-state index contributed by atoms with van der Waals surface area (Å²) in [5.41, 5.74) is 2.75. The summed E-state index contributed by atoms with van der Waals surface area (Å²) in [6.45, 7) is 1.44. The number of amides is 2. The minimum atomic E-state index is -0.995. The van der Waals surface area contributed by atoms with Gasteiger partial charge in [-0.05, 0) is 73.4 Å². The molecule has 2 aromatic carbocycles. The average Bonchev–Trinajstić information content (AvgIpc) is 3.68. The first-order valence-electron chi connectivity index (χ1n) is 15.6. The molecule has 5 atom stereocenters. The van der Waals surface area contributed by atoms with Crippen LogP contribution in [0.4, 0.5) is 0 Å². The van der Waals surface area contributed by atoms with Gasteiger partial charge in [0.1, 0.15) is 11.9 Å². The van der Waals surface area contributed by atoms with Crippen LogP contribution in [0.15, 0.2) is 42.5 Å². The zero-order valence-electron chi connectivity index (χ0n) is 24.4. The quantitative estimate of drug-likeness (QED) is 0.426. The molecule has 0 spiro atoms. The molecular weight excluding hydrogens is 550 g/mol. The Labute approximate surface area is 251 Å². The molecule has 1 saturated carbocycles. The van der Waals surface area contributed by atoms with Crippen molar-refractivity contribution in [2.24, 2.45) is 0 Å². The SMILES string of the molecule is O=C(O)c1ccc(CN2C[C@@H]3C[C@H]2C(=O)NC[C@H]2O[C@H](CCOc4cc(C5CCCC5)ccc4C(=O)N3)CC[C@@H]2O)cc1. The number of ether oxygens (including phenoxy) is 2. The van der Waals surface area contributed by atoms with Gasteiger partial charge < -0.3 is 30.3 Å². The van der Waals surface area contributed by atoms with Crippen LogP contribution in [0.2, 0.25) is 0 Å². The van der Waals surface area contributed by atoms with Gasteiger partial charge in [0, 0.05) is 32.1 Å². The summed E-state index contributed by atoms with van der Waals surface area (Å²) >= 11 is 0. The summed E-state index contributed by atoms with van der Waals surface area (Å²) in [5, 5.41) is 26.0. The highest BCUT2D eigenvalue weighted by molar-refractivity contribution is 5.97. The summed E-state index contributed by atoms with van der Waals surface area (Å²) in [6.07, 6.45) is 5.74. The number of aromatic carboxylic acids is 1. The molecule has 6 rings (SSSR count). The fourth-order valence-electron chi connectivity index (χ4n) is 7.03. The second-order valence-electron chi connectivity index (χ2n) is 12.4. The van der Waals surface area contributed by atoms with Crippen LogP contribution in [0.3, 0.4) is 0 Å². The molecule has 43 heavy (non-hydrogen) atoms. The molecule has 0 aromatic heterocycles. The number of carboxylic acid groups (broad SMARTS) is 1. The van der Waals surface area contributed by atoms with Crippen LogP contribution in [0.25, 0.3) is 0 Å². The van der Waals surface area contributed by atoms with E-state index in [0.717, 1.165) is 18.4 Å². The maximum atomic E-state index is 13.7. The Kier molecular flexibility index (Phi) is 8.97. The van der Waals surface area contributed by atoms with Crippen LogP contribution < -0.4 is 15.4 Å². The topological polar surface area (TPSA) is 137 Å². The van der Waals surface area contributed by atoms with Gasteiger partial charge in [0.15, 0.2) is 0 Å². The number of aliphatic hydroxyl groups is 1. The van der Waals surface area contributed by atoms with Crippen molar-refractivity contribution in [3.63, 3.8) is 0 Å². The summed E-state index contributed by atoms with van der Waals surface area (Å²) in [7, 11) is 0. The predicted octanol–water partition coefficient (Wildman–Crippen LogP) is 3.22. The smallest absolute Gasteiger partial charge is 0.335 e. The first kappa shape index (κ1) is 29.6. The molecule has 3 aliphatic heterocycles.